The molecule has 0 atom stereocenters. The molecule has 0 bridgehead atoms. The van der Waals surface area contributed by atoms with E-state index in [4.69, 9.17) is 5.73 Å². The lowest BCUT2D eigenvalue weighted by Gasteiger charge is -2.00. The maximum atomic E-state index is 5.78. The molecule has 3 aromatic rings. The Kier molecular flexibility index (Phi) is 4.13. The fraction of sp³-hybridized carbons (Fsp3) is 0.188. The van der Waals surface area contributed by atoms with Crippen LogP contribution in [0, 0.1) is 13.8 Å². The maximum Gasteiger partial charge on any atom is 0.212 e. The molecule has 0 aliphatic rings. The van der Waals surface area contributed by atoms with Gasteiger partial charge >= 0.3 is 0 Å². The van der Waals surface area contributed by atoms with Gasteiger partial charge in [-0.3, -0.25) is 0 Å². The lowest BCUT2D eigenvalue weighted by molar-refractivity contribution is 0.785. The second kappa shape index (κ2) is 6.21. The van der Waals surface area contributed by atoms with E-state index < -0.39 is 0 Å². The van der Waals surface area contributed by atoms with E-state index in [0.29, 0.717) is 6.54 Å². The summed E-state index contributed by atoms with van der Waals surface area (Å²) >= 11 is 1.60. The summed E-state index contributed by atoms with van der Waals surface area (Å²) in [5, 5.41) is 9.19. The molecule has 112 valence electrons. The Hall–Kier alpha value is -2.31. The lowest BCUT2D eigenvalue weighted by Crippen LogP contribution is -2.02. The van der Waals surface area contributed by atoms with E-state index in [1.807, 2.05) is 49.4 Å². The van der Waals surface area contributed by atoms with Crippen molar-refractivity contribution in [3.63, 3.8) is 0 Å². The van der Waals surface area contributed by atoms with Crippen LogP contribution in [0.3, 0.4) is 0 Å². The zero-order chi connectivity index (χ0) is 15.5. The van der Waals surface area contributed by atoms with Crippen LogP contribution in [0.2, 0.25) is 0 Å². The Morgan fingerprint density at radius 2 is 1.95 bits per heavy atom. The number of benzene rings is 1. The van der Waals surface area contributed by atoms with E-state index >= 15 is 0 Å². The van der Waals surface area contributed by atoms with E-state index in [0.717, 1.165) is 27.8 Å². The molecule has 1 aromatic carbocycles. The molecule has 3 rings (SSSR count). The van der Waals surface area contributed by atoms with Crippen LogP contribution < -0.4 is 5.73 Å². The highest BCUT2D eigenvalue weighted by Gasteiger charge is 2.14. The number of thiazole rings is 1. The van der Waals surface area contributed by atoms with Gasteiger partial charge < -0.3 is 5.73 Å². The summed E-state index contributed by atoms with van der Waals surface area (Å²) in [4.78, 5) is 5.73. The summed E-state index contributed by atoms with van der Waals surface area (Å²) in [7, 11) is 0. The zero-order valence-corrected chi connectivity index (χ0v) is 13.3. The molecular formula is C16H17N5S. The van der Waals surface area contributed by atoms with Crippen molar-refractivity contribution in [2.75, 3.05) is 0 Å². The maximum absolute atomic E-state index is 5.78. The fourth-order valence-electron chi connectivity index (χ4n) is 2.06. The van der Waals surface area contributed by atoms with E-state index in [1.165, 1.54) is 4.88 Å². The third-order valence-corrected chi connectivity index (χ3v) is 4.45. The predicted molar refractivity (Wildman–Crippen MR) is 89.8 cm³/mol. The van der Waals surface area contributed by atoms with Gasteiger partial charge in [0.2, 0.25) is 5.13 Å². The molecule has 0 aliphatic carbocycles. The number of hydrogen-bond donors (Lipinski definition) is 1. The molecule has 22 heavy (non-hydrogen) atoms. The van der Waals surface area contributed by atoms with Crippen LogP contribution in [-0.4, -0.2) is 20.0 Å². The molecule has 0 saturated heterocycles. The Morgan fingerprint density at radius 1 is 1.18 bits per heavy atom. The Morgan fingerprint density at radius 3 is 2.59 bits per heavy atom. The van der Waals surface area contributed by atoms with Crippen molar-refractivity contribution in [3.8, 4) is 5.13 Å². The van der Waals surface area contributed by atoms with Crippen LogP contribution in [0.5, 0.6) is 0 Å². The van der Waals surface area contributed by atoms with Crippen molar-refractivity contribution in [2.45, 2.75) is 20.4 Å². The monoisotopic (exact) mass is 311 g/mol. The SMILES string of the molecule is Cc1nc(-n2nnc(CN)c2/C=C/c2ccccc2)sc1C. The summed E-state index contributed by atoms with van der Waals surface area (Å²) in [6, 6.07) is 10.1. The Bertz CT molecular complexity index is 782. The molecule has 0 spiro atoms. The van der Waals surface area contributed by atoms with Crippen LogP contribution in [0.25, 0.3) is 17.3 Å². The molecule has 2 heterocycles. The molecule has 0 saturated carbocycles. The quantitative estimate of drug-likeness (QED) is 0.804. The molecule has 6 heteroatoms. The van der Waals surface area contributed by atoms with Gasteiger partial charge in [-0.05, 0) is 25.5 Å². The second-order valence-corrected chi connectivity index (χ2v) is 6.10. The third-order valence-electron chi connectivity index (χ3n) is 3.40. The van der Waals surface area contributed by atoms with E-state index in [9.17, 15) is 0 Å². The predicted octanol–water partition coefficient (Wildman–Crippen LogP) is 2.97. The molecule has 2 N–H and O–H groups in total. The average molecular weight is 311 g/mol. The molecular weight excluding hydrogens is 294 g/mol. The van der Waals surface area contributed by atoms with Crippen LogP contribution >= 0.6 is 11.3 Å². The fourth-order valence-corrected chi connectivity index (χ4v) is 2.93. The molecule has 5 nitrogen and oxygen atoms in total. The van der Waals surface area contributed by atoms with E-state index in [-0.39, 0.29) is 0 Å². The highest BCUT2D eigenvalue weighted by atomic mass is 32.1. The lowest BCUT2D eigenvalue weighted by atomic mass is 10.2. The normalized spacial score (nSPS) is 11.4. The van der Waals surface area contributed by atoms with Crippen molar-refractivity contribution >= 4 is 23.5 Å². The first-order valence-electron chi connectivity index (χ1n) is 7.01. The topological polar surface area (TPSA) is 69.6 Å². The highest BCUT2D eigenvalue weighted by Crippen LogP contribution is 2.23. The summed E-state index contributed by atoms with van der Waals surface area (Å²) < 4.78 is 1.76. The summed E-state index contributed by atoms with van der Waals surface area (Å²) in [5.74, 6) is 0. The number of nitrogens with two attached hydrogens (primary N) is 1. The third kappa shape index (κ3) is 2.84. The van der Waals surface area contributed by atoms with Gasteiger partial charge in [-0.25, -0.2) is 4.98 Å². The molecule has 0 unspecified atom stereocenters. The van der Waals surface area contributed by atoms with E-state index in [1.54, 1.807) is 16.0 Å². The smallest absolute Gasteiger partial charge is 0.212 e. The second-order valence-electron chi connectivity index (χ2n) is 4.92. The number of nitrogens with zero attached hydrogens (tertiary/aromatic N) is 4. The molecule has 0 radical (unpaired) electrons. The first kappa shape index (κ1) is 14.6. The number of aromatic nitrogens is 4. The number of rotatable bonds is 4. The summed E-state index contributed by atoms with van der Waals surface area (Å²) in [6.45, 7) is 4.39. The summed E-state index contributed by atoms with van der Waals surface area (Å²) in [5.41, 5.74) is 9.55. The minimum atomic E-state index is 0.345. The average Bonchev–Trinajstić information content (AvgIpc) is 3.09. The molecule has 0 fully saturated rings. The molecule has 0 aliphatic heterocycles. The minimum Gasteiger partial charge on any atom is -0.325 e. The number of aryl methyl sites for hydroxylation is 2. The van der Waals surface area contributed by atoms with Gasteiger partial charge in [0.15, 0.2) is 0 Å². The van der Waals surface area contributed by atoms with Crippen molar-refractivity contribution < 1.29 is 0 Å². The van der Waals surface area contributed by atoms with Gasteiger partial charge in [-0.2, -0.15) is 4.68 Å². The van der Waals surface area contributed by atoms with Crippen molar-refractivity contribution in [2.24, 2.45) is 5.73 Å². The Labute approximate surface area is 133 Å². The number of hydrogen-bond acceptors (Lipinski definition) is 5. The van der Waals surface area contributed by atoms with Crippen LogP contribution in [0.1, 0.15) is 27.5 Å². The zero-order valence-electron chi connectivity index (χ0n) is 12.5. The van der Waals surface area contributed by atoms with Crippen LogP contribution in [0.4, 0.5) is 0 Å². The largest absolute Gasteiger partial charge is 0.325 e. The van der Waals surface area contributed by atoms with Gasteiger partial charge in [-0.15, -0.1) is 5.10 Å². The Balaban J connectivity index is 2.02. The van der Waals surface area contributed by atoms with Gasteiger partial charge in [0, 0.05) is 11.4 Å². The van der Waals surface area contributed by atoms with E-state index in [2.05, 4.69) is 22.2 Å². The minimum absolute atomic E-state index is 0.345. The van der Waals surface area contributed by atoms with Crippen molar-refractivity contribution in [1.29, 1.82) is 0 Å². The first-order valence-corrected chi connectivity index (χ1v) is 7.83. The highest BCUT2D eigenvalue weighted by molar-refractivity contribution is 7.14. The molecule has 0 amide bonds. The van der Waals surface area contributed by atoms with Crippen molar-refractivity contribution in [1.82, 2.24) is 20.0 Å². The molecule has 2 aromatic heterocycles. The van der Waals surface area contributed by atoms with Gasteiger partial charge in [0.05, 0.1) is 11.4 Å². The van der Waals surface area contributed by atoms with Gasteiger partial charge in [0.25, 0.3) is 0 Å². The van der Waals surface area contributed by atoms with Gasteiger partial charge in [-0.1, -0.05) is 53.0 Å². The first-order chi connectivity index (χ1) is 10.7. The van der Waals surface area contributed by atoms with Crippen LogP contribution in [-0.2, 0) is 6.54 Å². The van der Waals surface area contributed by atoms with Crippen LogP contribution in [0.15, 0.2) is 30.3 Å². The van der Waals surface area contributed by atoms with Gasteiger partial charge in [0.1, 0.15) is 5.69 Å². The summed E-state index contributed by atoms with van der Waals surface area (Å²) in [6.07, 6.45) is 4.02. The standard InChI is InChI=1S/C16H17N5S/c1-11-12(2)22-16(18-11)21-15(14(10-17)19-20-21)9-8-13-6-4-3-5-7-13/h3-9H,10,17H2,1-2H3/b9-8+. The van der Waals surface area contributed by atoms with Crippen molar-refractivity contribution in [3.05, 3.63) is 57.9 Å².